The van der Waals surface area contributed by atoms with E-state index >= 15 is 0 Å². The van der Waals surface area contributed by atoms with Crippen LogP contribution < -0.4 is 15.4 Å². The number of rotatable bonds is 17. The minimum atomic E-state index is -1.26. The molecule has 3 aromatic carbocycles. The first-order valence-electron chi connectivity index (χ1n) is 20.8. The SMILES string of the molecule is COc1cccc(-c2ccc(C[C@H](NC(=O)[C@@H](N(C)C(=O)O)C(C)(C)C)[C@@H](O)C[C@H](Cc3ccccc3)NC(=O)[C@@H](N3CCN(Cc4ccccc4)C3=O)C(C)(C)C)cc2)n1. The molecule has 13 heteroatoms. The molecule has 326 valence electrons. The lowest BCUT2D eigenvalue weighted by molar-refractivity contribution is -0.131. The third-order valence-corrected chi connectivity index (χ3v) is 11.1. The fourth-order valence-electron chi connectivity index (χ4n) is 8.18. The van der Waals surface area contributed by atoms with Crippen LogP contribution in [0.3, 0.4) is 0 Å². The van der Waals surface area contributed by atoms with E-state index < -0.39 is 53.1 Å². The number of likely N-dealkylation sites (N-methyl/N-ethyl adjacent to an activating group) is 1. The predicted octanol–water partition coefficient (Wildman–Crippen LogP) is 6.64. The molecule has 4 N–H and O–H groups in total. The summed E-state index contributed by atoms with van der Waals surface area (Å²) in [5.41, 5.74) is 2.87. The molecule has 2 heterocycles. The number of carbonyl (C=O) groups excluding carboxylic acids is 3. The fourth-order valence-corrected chi connectivity index (χ4v) is 8.18. The van der Waals surface area contributed by atoms with Crippen LogP contribution in [0.5, 0.6) is 5.88 Å². The summed E-state index contributed by atoms with van der Waals surface area (Å²) in [5, 5.41) is 28.4. The van der Waals surface area contributed by atoms with Crippen LogP contribution in [-0.2, 0) is 29.0 Å². The smallest absolute Gasteiger partial charge is 0.407 e. The van der Waals surface area contributed by atoms with Crippen molar-refractivity contribution < 1.29 is 34.1 Å². The van der Waals surface area contributed by atoms with Crippen molar-refractivity contribution in [2.45, 2.75) is 97.6 Å². The van der Waals surface area contributed by atoms with Crippen molar-refractivity contribution in [2.75, 3.05) is 27.2 Å². The molecule has 0 saturated carbocycles. The summed E-state index contributed by atoms with van der Waals surface area (Å²) in [6.07, 6.45) is -1.85. The van der Waals surface area contributed by atoms with E-state index in [9.17, 15) is 29.4 Å². The highest BCUT2D eigenvalue weighted by Crippen LogP contribution is 2.30. The average molecular weight is 835 g/mol. The number of nitrogens with one attached hydrogen (secondary N) is 2. The summed E-state index contributed by atoms with van der Waals surface area (Å²) in [5.74, 6) is -0.410. The van der Waals surface area contributed by atoms with Crippen LogP contribution in [0.2, 0.25) is 0 Å². The number of aliphatic hydroxyl groups is 1. The number of pyridine rings is 1. The third-order valence-electron chi connectivity index (χ3n) is 11.1. The minimum Gasteiger partial charge on any atom is -0.481 e. The van der Waals surface area contributed by atoms with Gasteiger partial charge in [-0.2, -0.15) is 0 Å². The summed E-state index contributed by atoms with van der Waals surface area (Å²) < 4.78 is 5.30. The van der Waals surface area contributed by atoms with Gasteiger partial charge in [0.1, 0.15) is 12.1 Å². The molecular weight excluding hydrogens is 773 g/mol. The highest BCUT2D eigenvalue weighted by Gasteiger charge is 2.44. The number of carbonyl (C=O) groups is 4. The lowest BCUT2D eigenvalue weighted by Crippen LogP contribution is -2.59. The quantitative estimate of drug-likeness (QED) is 0.0920. The lowest BCUT2D eigenvalue weighted by Gasteiger charge is -2.38. The average Bonchev–Trinajstić information content (AvgIpc) is 3.55. The Labute approximate surface area is 360 Å². The Balaban J connectivity index is 1.43. The van der Waals surface area contributed by atoms with Gasteiger partial charge >= 0.3 is 12.1 Å². The highest BCUT2D eigenvalue weighted by atomic mass is 16.5. The number of nitrogens with zero attached hydrogens (tertiary/aromatic N) is 4. The van der Waals surface area contributed by atoms with Crippen LogP contribution in [0.1, 0.15) is 64.7 Å². The van der Waals surface area contributed by atoms with Gasteiger partial charge in [-0.25, -0.2) is 14.6 Å². The van der Waals surface area contributed by atoms with E-state index in [0.29, 0.717) is 37.6 Å². The fraction of sp³-hybridized carbons (Fsp3) is 0.438. The van der Waals surface area contributed by atoms with Gasteiger partial charge in [-0.1, -0.05) is 133 Å². The number of ether oxygens (including phenoxy) is 1. The zero-order valence-corrected chi connectivity index (χ0v) is 36.7. The molecule has 61 heavy (non-hydrogen) atoms. The first-order valence-corrected chi connectivity index (χ1v) is 20.8. The lowest BCUT2D eigenvalue weighted by atomic mass is 9.84. The molecule has 0 unspecified atom stereocenters. The Morgan fingerprint density at radius 3 is 1.95 bits per heavy atom. The van der Waals surface area contributed by atoms with Gasteiger partial charge < -0.3 is 35.4 Å². The summed E-state index contributed by atoms with van der Waals surface area (Å²) in [7, 11) is 2.92. The molecule has 1 fully saturated rings. The van der Waals surface area contributed by atoms with Crippen LogP contribution in [0.4, 0.5) is 9.59 Å². The zero-order valence-electron chi connectivity index (χ0n) is 36.7. The maximum Gasteiger partial charge on any atom is 0.407 e. The van der Waals surface area contributed by atoms with Crippen molar-refractivity contribution >= 4 is 23.9 Å². The Morgan fingerprint density at radius 2 is 1.38 bits per heavy atom. The van der Waals surface area contributed by atoms with Gasteiger partial charge in [0.25, 0.3) is 0 Å². The molecule has 1 aromatic heterocycles. The molecule has 0 spiro atoms. The Kier molecular flexibility index (Phi) is 15.2. The normalized spacial score (nSPS) is 15.7. The minimum absolute atomic E-state index is 0.0390. The standard InChI is InChI=1S/C48H62N6O7/c1-47(2,3)41(52(7)46(59)60)43(56)51-38(29-33-22-24-35(25-23-33)37-20-15-21-40(50-37)61-8)39(55)30-36(28-32-16-11-9-12-17-32)49-44(57)42(48(4,5)6)54-27-26-53(45(54)58)31-34-18-13-10-14-19-34/h9-25,36,38-39,41-42,55H,26-31H2,1-8H3,(H,49,57)(H,51,56)(H,59,60)/t36-,38-,39-,41+,42+/m0/s1. The number of aromatic nitrogens is 1. The largest absolute Gasteiger partial charge is 0.481 e. The Hall–Kier alpha value is -5.95. The molecule has 5 atom stereocenters. The van der Waals surface area contributed by atoms with Gasteiger partial charge in [-0.15, -0.1) is 0 Å². The summed E-state index contributed by atoms with van der Waals surface area (Å²) >= 11 is 0. The molecule has 4 aromatic rings. The number of urea groups is 1. The van der Waals surface area contributed by atoms with E-state index in [-0.39, 0.29) is 24.8 Å². The van der Waals surface area contributed by atoms with E-state index in [4.69, 9.17) is 4.74 Å². The molecule has 0 radical (unpaired) electrons. The monoisotopic (exact) mass is 834 g/mol. The first-order chi connectivity index (χ1) is 28.8. The second kappa shape index (κ2) is 20.1. The summed E-state index contributed by atoms with van der Waals surface area (Å²) in [6, 6.07) is 28.9. The number of carboxylic acid groups (broad SMARTS) is 1. The van der Waals surface area contributed by atoms with Gasteiger partial charge in [0, 0.05) is 44.4 Å². The van der Waals surface area contributed by atoms with Gasteiger partial charge in [-0.3, -0.25) is 14.5 Å². The number of benzene rings is 3. The van der Waals surface area contributed by atoms with Crippen molar-refractivity contribution in [3.63, 3.8) is 0 Å². The van der Waals surface area contributed by atoms with Gasteiger partial charge in [0.2, 0.25) is 17.7 Å². The predicted molar refractivity (Wildman–Crippen MR) is 236 cm³/mol. The van der Waals surface area contributed by atoms with Crippen LogP contribution in [0, 0.1) is 10.8 Å². The Morgan fingerprint density at radius 1 is 0.770 bits per heavy atom. The Bertz CT molecular complexity index is 2090. The first kappa shape index (κ1) is 46.1. The third kappa shape index (κ3) is 12.3. The van der Waals surface area contributed by atoms with Gasteiger partial charge in [-0.05, 0) is 52.8 Å². The van der Waals surface area contributed by atoms with Crippen molar-refractivity contribution in [3.8, 4) is 17.1 Å². The molecule has 1 aliphatic heterocycles. The number of amides is 5. The van der Waals surface area contributed by atoms with E-state index in [0.717, 1.165) is 27.2 Å². The molecule has 1 aliphatic rings. The molecular formula is C48H62N6O7. The summed E-state index contributed by atoms with van der Waals surface area (Å²) in [6.45, 7) is 12.5. The topological polar surface area (TPSA) is 165 Å². The van der Waals surface area contributed by atoms with E-state index in [1.165, 1.54) is 7.05 Å². The van der Waals surface area contributed by atoms with Crippen molar-refractivity contribution in [2.24, 2.45) is 10.8 Å². The van der Waals surface area contributed by atoms with Crippen LogP contribution in [0.15, 0.2) is 103 Å². The maximum atomic E-state index is 14.6. The maximum absolute atomic E-state index is 14.6. The number of methoxy groups -OCH3 is 1. The van der Waals surface area contributed by atoms with Crippen LogP contribution in [0.25, 0.3) is 11.3 Å². The molecule has 5 rings (SSSR count). The van der Waals surface area contributed by atoms with Crippen molar-refractivity contribution in [3.05, 3.63) is 120 Å². The summed E-state index contributed by atoms with van der Waals surface area (Å²) in [4.78, 5) is 63.7. The van der Waals surface area contributed by atoms with E-state index in [2.05, 4.69) is 15.6 Å². The second-order valence-corrected chi connectivity index (χ2v) is 18.1. The number of hydrogen-bond donors (Lipinski definition) is 4. The molecule has 1 saturated heterocycles. The number of hydrogen-bond acceptors (Lipinski definition) is 7. The molecule has 13 nitrogen and oxygen atoms in total. The van der Waals surface area contributed by atoms with E-state index in [1.807, 2.05) is 118 Å². The van der Waals surface area contributed by atoms with Crippen LogP contribution in [-0.4, -0.2) is 111 Å². The van der Waals surface area contributed by atoms with E-state index in [1.54, 1.807) is 43.7 Å². The van der Waals surface area contributed by atoms with Crippen LogP contribution >= 0.6 is 0 Å². The zero-order chi connectivity index (χ0) is 44.5. The highest BCUT2D eigenvalue weighted by molar-refractivity contribution is 5.89. The second-order valence-electron chi connectivity index (χ2n) is 18.1. The number of aliphatic hydroxyl groups excluding tert-OH is 1. The van der Waals surface area contributed by atoms with Gasteiger partial charge in [0.05, 0.1) is 24.9 Å². The molecule has 0 aliphatic carbocycles. The molecule has 5 amide bonds. The van der Waals surface area contributed by atoms with Gasteiger partial charge in [0.15, 0.2) is 0 Å². The van der Waals surface area contributed by atoms with Crippen molar-refractivity contribution in [1.82, 2.24) is 30.3 Å². The van der Waals surface area contributed by atoms with Crippen molar-refractivity contribution in [1.29, 1.82) is 0 Å². The molecule has 0 bridgehead atoms.